The number of pyridine rings is 1. The number of hydrogen-bond acceptors (Lipinski definition) is 3. The van der Waals surface area contributed by atoms with Gasteiger partial charge >= 0.3 is 0 Å². The van der Waals surface area contributed by atoms with Gasteiger partial charge in [0.15, 0.2) is 0 Å². The first-order valence-corrected chi connectivity index (χ1v) is 10.6. The van der Waals surface area contributed by atoms with Gasteiger partial charge in [0.25, 0.3) is 0 Å². The van der Waals surface area contributed by atoms with E-state index in [0.717, 1.165) is 46.5 Å². The standard InChI is InChI=1S/C25H26ClN3/c1-3-14-27-23(18-12-13-18)15-17(2)28-25-20-9-5-4-8-19(20)16-24(29-25)21-10-6-7-11-22(21)26/h4-11,15-16,18,27H,2-3,12-14H2,1H3,(H,28,29)/b23-15-. The van der Waals surface area contributed by atoms with Crippen molar-refractivity contribution in [3.8, 4) is 11.3 Å². The molecule has 1 aromatic heterocycles. The highest BCUT2D eigenvalue weighted by Crippen LogP contribution is 2.36. The van der Waals surface area contributed by atoms with E-state index in [1.165, 1.54) is 18.5 Å². The topological polar surface area (TPSA) is 37.0 Å². The summed E-state index contributed by atoms with van der Waals surface area (Å²) in [5, 5.41) is 9.86. The van der Waals surface area contributed by atoms with Crippen molar-refractivity contribution >= 4 is 28.2 Å². The average molecular weight is 404 g/mol. The summed E-state index contributed by atoms with van der Waals surface area (Å²) in [5.41, 5.74) is 3.88. The minimum Gasteiger partial charge on any atom is -0.388 e. The molecule has 0 aliphatic heterocycles. The summed E-state index contributed by atoms with van der Waals surface area (Å²) in [6.07, 6.45) is 5.74. The third kappa shape index (κ3) is 4.63. The van der Waals surface area contributed by atoms with Gasteiger partial charge in [0.2, 0.25) is 0 Å². The summed E-state index contributed by atoms with van der Waals surface area (Å²) in [7, 11) is 0. The monoisotopic (exact) mass is 403 g/mol. The van der Waals surface area contributed by atoms with Crippen LogP contribution < -0.4 is 10.6 Å². The molecule has 0 spiro atoms. The molecule has 148 valence electrons. The number of halogens is 1. The highest BCUT2D eigenvalue weighted by atomic mass is 35.5. The van der Waals surface area contributed by atoms with Crippen LogP contribution in [-0.4, -0.2) is 11.5 Å². The minimum absolute atomic E-state index is 0.638. The predicted molar refractivity (Wildman–Crippen MR) is 124 cm³/mol. The second-order valence-corrected chi connectivity index (χ2v) is 7.92. The van der Waals surface area contributed by atoms with Crippen LogP contribution in [0.15, 0.2) is 78.6 Å². The highest BCUT2D eigenvalue weighted by Gasteiger charge is 2.25. The van der Waals surface area contributed by atoms with Gasteiger partial charge in [0.05, 0.1) is 5.69 Å². The Morgan fingerprint density at radius 2 is 1.93 bits per heavy atom. The third-order valence-electron chi connectivity index (χ3n) is 5.10. The first kappa shape index (κ1) is 19.5. The summed E-state index contributed by atoms with van der Waals surface area (Å²) in [6.45, 7) is 7.41. The number of fused-ring (bicyclic) bond motifs is 1. The molecular formula is C25H26ClN3. The van der Waals surface area contributed by atoms with Crippen molar-refractivity contribution in [3.63, 3.8) is 0 Å². The first-order valence-electron chi connectivity index (χ1n) is 10.2. The number of benzene rings is 2. The maximum Gasteiger partial charge on any atom is 0.138 e. The van der Waals surface area contributed by atoms with Crippen LogP contribution in [0.1, 0.15) is 26.2 Å². The van der Waals surface area contributed by atoms with Crippen LogP contribution in [0.3, 0.4) is 0 Å². The fourth-order valence-electron chi connectivity index (χ4n) is 3.45. The molecular weight excluding hydrogens is 378 g/mol. The lowest BCUT2D eigenvalue weighted by Gasteiger charge is -2.14. The maximum absolute atomic E-state index is 6.43. The zero-order valence-corrected chi connectivity index (χ0v) is 17.5. The molecule has 4 heteroatoms. The van der Waals surface area contributed by atoms with E-state index in [9.17, 15) is 0 Å². The normalized spacial score (nSPS) is 14.1. The van der Waals surface area contributed by atoms with Crippen molar-refractivity contribution in [2.75, 3.05) is 11.9 Å². The van der Waals surface area contributed by atoms with Crippen molar-refractivity contribution < 1.29 is 0 Å². The van der Waals surface area contributed by atoms with Gasteiger partial charge in [-0.3, -0.25) is 0 Å². The maximum atomic E-state index is 6.43. The van der Waals surface area contributed by atoms with Gasteiger partial charge in [-0.1, -0.05) is 67.6 Å². The van der Waals surface area contributed by atoms with Crippen molar-refractivity contribution in [1.29, 1.82) is 0 Å². The van der Waals surface area contributed by atoms with Gasteiger partial charge in [0.1, 0.15) is 5.82 Å². The lowest BCUT2D eigenvalue weighted by atomic mass is 10.1. The van der Waals surface area contributed by atoms with Gasteiger partial charge in [-0.05, 0) is 48.8 Å². The molecule has 0 amide bonds. The number of allylic oxidation sites excluding steroid dienone is 2. The Morgan fingerprint density at radius 3 is 2.69 bits per heavy atom. The van der Waals surface area contributed by atoms with Crippen LogP contribution in [0.25, 0.3) is 22.0 Å². The third-order valence-corrected chi connectivity index (χ3v) is 5.42. The van der Waals surface area contributed by atoms with Crippen LogP contribution in [0.5, 0.6) is 0 Å². The molecule has 1 aliphatic carbocycles. The van der Waals surface area contributed by atoms with Crippen molar-refractivity contribution in [2.24, 2.45) is 5.92 Å². The summed E-state index contributed by atoms with van der Waals surface area (Å²) < 4.78 is 0. The molecule has 1 fully saturated rings. The van der Waals surface area contributed by atoms with E-state index in [1.54, 1.807) is 0 Å². The van der Waals surface area contributed by atoms with E-state index in [-0.39, 0.29) is 0 Å². The van der Waals surface area contributed by atoms with Crippen LogP contribution >= 0.6 is 11.6 Å². The second kappa shape index (κ2) is 8.71. The summed E-state index contributed by atoms with van der Waals surface area (Å²) in [6, 6.07) is 18.1. The fraction of sp³-hybridized carbons (Fsp3) is 0.240. The molecule has 3 aromatic rings. The zero-order chi connectivity index (χ0) is 20.2. The first-order chi connectivity index (χ1) is 14.2. The lowest BCUT2D eigenvalue weighted by molar-refractivity contribution is 0.719. The molecule has 1 saturated carbocycles. The van der Waals surface area contributed by atoms with Crippen molar-refractivity contribution in [2.45, 2.75) is 26.2 Å². The van der Waals surface area contributed by atoms with E-state index >= 15 is 0 Å². The molecule has 0 unspecified atom stereocenters. The van der Waals surface area contributed by atoms with Crippen molar-refractivity contribution in [1.82, 2.24) is 10.3 Å². The van der Waals surface area contributed by atoms with Crippen molar-refractivity contribution in [3.05, 3.63) is 83.7 Å². The Morgan fingerprint density at radius 1 is 1.17 bits per heavy atom. The van der Waals surface area contributed by atoms with Gasteiger partial charge in [0, 0.05) is 33.9 Å². The second-order valence-electron chi connectivity index (χ2n) is 7.51. The number of nitrogens with zero attached hydrogens (tertiary/aromatic N) is 1. The lowest BCUT2D eigenvalue weighted by Crippen LogP contribution is -2.16. The van der Waals surface area contributed by atoms with Gasteiger partial charge in [-0.15, -0.1) is 0 Å². The molecule has 0 saturated heterocycles. The molecule has 29 heavy (non-hydrogen) atoms. The average Bonchev–Trinajstić information content (AvgIpc) is 3.56. The Bertz CT molecular complexity index is 1070. The molecule has 3 nitrogen and oxygen atoms in total. The van der Waals surface area contributed by atoms with Crippen LogP contribution in [-0.2, 0) is 0 Å². The minimum atomic E-state index is 0.638. The predicted octanol–water partition coefficient (Wildman–Crippen LogP) is 6.77. The highest BCUT2D eigenvalue weighted by molar-refractivity contribution is 6.33. The van der Waals surface area contributed by atoms with E-state index in [0.29, 0.717) is 10.9 Å². The summed E-state index contributed by atoms with van der Waals surface area (Å²) >= 11 is 6.43. The Kier molecular flexibility index (Phi) is 5.86. The quantitative estimate of drug-likeness (QED) is 0.407. The number of anilines is 1. The van der Waals surface area contributed by atoms with Crippen LogP contribution in [0.2, 0.25) is 5.02 Å². The molecule has 0 radical (unpaired) electrons. The number of aromatic nitrogens is 1. The Hall–Kier alpha value is -2.78. The van der Waals surface area contributed by atoms with E-state index in [4.69, 9.17) is 16.6 Å². The van der Waals surface area contributed by atoms with Crippen LogP contribution in [0, 0.1) is 5.92 Å². The molecule has 1 heterocycles. The fourth-order valence-corrected chi connectivity index (χ4v) is 3.69. The summed E-state index contributed by atoms with van der Waals surface area (Å²) in [4.78, 5) is 4.90. The Labute approximate surface area is 177 Å². The largest absolute Gasteiger partial charge is 0.388 e. The van der Waals surface area contributed by atoms with E-state index < -0.39 is 0 Å². The number of hydrogen-bond donors (Lipinski definition) is 2. The molecule has 2 aromatic carbocycles. The smallest absolute Gasteiger partial charge is 0.138 e. The molecule has 2 N–H and O–H groups in total. The number of rotatable bonds is 8. The van der Waals surface area contributed by atoms with E-state index in [2.05, 4.69) is 48.4 Å². The number of nitrogens with one attached hydrogen (secondary N) is 2. The van der Waals surface area contributed by atoms with Gasteiger partial charge in [-0.25, -0.2) is 4.98 Å². The molecule has 4 rings (SSSR count). The molecule has 0 atom stereocenters. The summed E-state index contributed by atoms with van der Waals surface area (Å²) in [5.74, 6) is 1.43. The molecule has 1 aliphatic rings. The SMILES string of the molecule is C=C(/C=C(\NCCC)C1CC1)Nc1nc(-c2ccccc2Cl)cc2ccccc12. The molecule has 0 bridgehead atoms. The van der Waals surface area contributed by atoms with Gasteiger partial charge in [-0.2, -0.15) is 0 Å². The van der Waals surface area contributed by atoms with E-state index in [1.807, 2.05) is 36.4 Å². The Balaban J connectivity index is 1.69. The van der Waals surface area contributed by atoms with Crippen LogP contribution in [0.4, 0.5) is 5.82 Å². The zero-order valence-electron chi connectivity index (χ0n) is 16.7. The van der Waals surface area contributed by atoms with Gasteiger partial charge < -0.3 is 10.6 Å².